The molecule has 3 heterocycles. The molecule has 3 aromatic rings. The molecular formula is C12H9N3OS. The third-order valence-electron chi connectivity index (χ3n) is 2.52. The molecule has 0 unspecified atom stereocenters. The lowest BCUT2D eigenvalue weighted by Crippen LogP contribution is -1.91. The number of aromatic nitrogens is 3. The van der Waals surface area contributed by atoms with E-state index in [1.807, 2.05) is 31.5 Å². The van der Waals surface area contributed by atoms with Gasteiger partial charge >= 0.3 is 0 Å². The summed E-state index contributed by atoms with van der Waals surface area (Å²) in [5, 5.41) is 1.01. The summed E-state index contributed by atoms with van der Waals surface area (Å²) in [6.07, 6.45) is 4.50. The first kappa shape index (κ1) is 10.2. The molecule has 0 aliphatic rings. The van der Waals surface area contributed by atoms with Crippen molar-refractivity contribution in [1.82, 2.24) is 14.4 Å². The fourth-order valence-electron chi connectivity index (χ4n) is 1.73. The molecule has 0 bridgehead atoms. The Labute approximate surface area is 102 Å². The van der Waals surface area contributed by atoms with Crippen LogP contribution in [0.15, 0.2) is 30.6 Å². The van der Waals surface area contributed by atoms with Crippen molar-refractivity contribution in [3.05, 3.63) is 41.3 Å². The molecular weight excluding hydrogens is 234 g/mol. The van der Waals surface area contributed by atoms with E-state index in [1.54, 1.807) is 21.8 Å². The topological polar surface area (TPSA) is 47.3 Å². The Morgan fingerprint density at radius 1 is 1.41 bits per heavy atom. The van der Waals surface area contributed by atoms with Crippen molar-refractivity contribution >= 4 is 23.3 Å². The van der Waals surface area contributed by atoms with E-state index in [0.29, 0.717) is 5.69 Å². The third kappa shape index (κ3) is 1.64. The molecule has 0 spiro atoms. The van der Waals surface area contributed by atoms with Crippen molar-refractivity contribution in [2.24, 2.45) is 0 Å². The van der Waals surface area contributed by atoms with Crippen LogP contribution in [-0.4, -0.2) is 20.7 Å². The number of aryl methyl sites for hydroxylation is 1. The zero-order valence-electron chi connectivity index (χ0n) is 9.12. The van der Waals surface area contributed by atoms with Gasteiger partial charge in [0, 0.05) is 12.4 Å². The molecule has 0 aromatic carbocycles. The summed E-state index contributed by atoms with van der Waals surface area (Å²) in [4.78, 5) is 20.6. The fraction of sp³-hybridized carbons (Fsp3) is 0.0833. The number of imidazole rings is 1. The van der Waals surface area contributed by atoms with Gasteiger partial charge in [-0.3, -0.25) is 9.20 Å². The van der Waals surface area contributed by atoms with Crippen LogP contribution in [0, 0.1) is 6.92 Å². The highest BCUT2D eigenvalue weighted by Gasteiger charge is 2.08. The summed E-state index contributed by atoms with van der Waals surface area (Å²) in [5.74, 6) is 0. The number of carbonyl (C=O) groups is 1. The van der Waals surface area contributed by atoms with E-state index in [1.165, 1.54) is 0 Å². The van der Waals surface area contributed by atoms with Crippen LogP contribution < -0.4 is 0 Å². The van der Waals surface area contributed by atoms with Gasteiger partial charge < -0.3 is 0 Å². The molecule has 0 amide bonds. The lowest BCUT2D eigenvalue weighted by molar-refractivity contribution is 0.111. The Balaban J connectivity index is 2.23. The number of rotatable bonds is 2. The van der Waals surface area contributed by atoms with Crippen LogP contribution in [0.3, 0.4) is 0 Å². The van der Waals surface area contributed by atoms with Crippen LogP contribution in [0.25, 0.3) is 16.2 Å². The lowest BCUT2D eigenvalue weighted by Gasteiger charge is -1.94. The number of hydrogen-bond acceptors (Lipinski definition) is 4. The third-order valence-corrected chi connectivity index (χ3v) is 3.45. The molecule has 0 radical (unpaired) electrons. The van der Waals surface area contributed by atoms with Crippen LogP contribution in [0.4, 0.5) is 0 Å². The quantitative estimate of drug-likeness (QED) is 0.650. The molecule has 3 aromatic heterocycles. The largest absolute Gasteiger partial charge is 0.296 e. The highest BCUT2D eigenvalue weighted by molar-refractivity contribution is 7.15. The predicted molar refractivity (Wildman–Crippen MR) is 66.4 cm³/mol. The number of hydrogen-bond donors (Lipinski definition) is 0. The Morgan fingerprint density at radius 2 is 2.29 bits per heavy atom. The van der Waals surface area contributed by atoms with Gasteiger partial charge in [-0.1, -0.05) is 6.07 Å². The van der Waals surface area contributed by atoms with Gasteiger partial charge in [0.25, 0.3) is 0 Å². The molecule has 4 nitrogen and oxygen atoms in total. The van der Waals surface area contributed by atoms with Crippen molar-refractivity contribution in [3.63, 3.8) is 0 Å². The van der Waals surface area contributed by atoms with E-state index in [9.17, 15) is 4.79 Å². The van der Waals surface area contributed by atoms with Crippen LogP contribution in [0.5, 0.6) is 0 Å². The number of nitrogens with zero attached hydrogens (tertiary/aromatic N) is 3. The Bertz CT molecular complexity index is 699. The van der Waals surface area contributed by atoms with Gasteiger partial charge in [-0.2, -0.15) is 0 Å². The van der Waals surface area contributed by atoms with Gasteiger partial charge in [0.1, 0.15) is 11.3 Å². The van der Waals surface area contributed by atoms with Crippen molar-refractivity contribution < 1.29 is 4.79 Å². The van der Waals surface area contributed by atoms with E-state index in [4.69, 9.17) is 0 Å². The number of pyridine rings is 1. The zero-order valence-corrected chi connectivity index (χ0v) is 9.94. The van der Waals surface area contributed by atoms with Crippen LogP contribution in [-0.2, 0) is 0 Å². The van der Waals surface area contributed by atoms with Gasteiger partial charge in [0.15, 0.2) is 6.29 Å². The first-order valence-corrected chi connectivity index (χ1v) is 5.95. The lowest BCUT2D eigenvalue weighted by atomic mass is 10.3. The highest BCUT2D eigenvalue weighted by Crippen LogP contribution is 2.25. The molecule has 84 valence electrons. The maximum absolute atomic E-state index is 10.9. The molecule has 17 heavy (non-hydrogen) atoms. The van der Waals surface area contributed by atoms with Gasteiger partial charge in [-0.05, 0) is 19.1 Å². The predicted octanol–water partition coefficient (Wildman–Crippen LogP) is 2.58. The van der Waals surface area contributed by atoms with Crippen LogP contribution in [0.2, 0.25) is 0 Å². The highest BCUT2D eigenvalue weighted by atomic mass is 32.1. The van der Waals surface area contributed by atoms with Crippen LogP contribution >= 0.6 is 11.3 Å². The molecule has 0 atom stereocenters. The standard InChI is InChI=1S/C12H9N3OS/c1-8-13-5-11(17-8)10-6-15-9(7-16)3-2-4-12(15)14-10/h2-7H,1H3. The first-order chi connectivity index (χ1) is 8.28. The summed E-state index contributed by atoms with van der Waals surface area (Å²) >= 11 is 1.59. The summed E-state index contributed by atoms with van der Waals surface area (Å²) in [6, 6.07) is 5.47. The van der Waals surface area contributed by atoms with Crippen molar-refractivity contribution in [2.75, 3.05) is 0 Å². The number of fused-ring (bicyclic) bond motifs is 1. The van der Waals surface area contributed by atoms with Gasteiger partial charge in [-0.25, -0.2) is 9.97 Å². The fourth-order valence-corrected chi connectivity index (χ4v) is 2.46. The Morgan fingerprint density at radius 3 is 3.00 bits per heavy atom. The van der Waals surface area contributed by atoms with Gasteiger partial charge in [0.2, 0.25) is 0 Å². The van der Waals surface area contributed by atoms with Crippen molar-refractivity contribution in [2.45, 2.75) is 6.92 Å². The van der Waals surface area contributed by atoms with Gasteiger partial charge in [-0.15, -0.1) is 11.3 Å². The zero-order chi connectivity index (χ0) is 11.8. The minimum absolute atomic E-state index is 0.600. The maximum Gasteiger partial charge on any atom is 0.166 e. The van der Waals surface area contributed by atoms with Gasteiger partial charge in [0.05, 0.1) is 15.6 Å². The summed E-state index contributed by atoms with van der Waals surface area (Å²) < 4.78 is 1.79. The summed E-state index contributed by atoms with van der Waals surface area (Å²) in [5.41, 5.74) is 2.23. The second-order valence-electron chi connectivity index (χ2n) is 3.67. The molecule has 0 saturated carbocycles. The minimum Gasteiger partial charge on any atom is -0.296 e. The monoisotopic (exact) mass is 243 g/mol. The molecule has 3 rings (SSSR count). The first-order valence-electron chi connectivity index (χ1n) is 5.14. The number of carbonyl (C=O) groups excluding carboxylic acids is 1. The summed E-state index contributed by atoms with van der Waals surface area (Å²) in [7, 11) is 0. The second-order valence-corrected chi connectivity index (χ2v) is 4.90. The van der Waals surface area contributed by atoms with E-state index in [2.05, 4.69) is 9.97 Å². The van der Waals surface area contributed by atoms with E-state index < -0.39 is 0 Å². The molecule has 0 aliphatic heterocycles. The second kappa shape index (κ2) is 3.78. The Hall–Kier alpha value is -2.01. The molecule has 0 N–H and O–H groups in total. The average molecular weight is 243 g/mol. The van der Waals surface area contributed by atoms with E-state index in [0.717, 1.165) is 27.5 Å². The molecule has 0 fully saturated rings. The molecule has 5 heteroatoms. The maximum atomic E-state index is 10.9. The number of aldehydes is 1. The van der Waals surface area contributed by atoms with Crippen LogP contribution in [0.1, 0.15) is 15.5 Å². The molecule has 0 saturated heterocycles. The SMILES string of the molecule is Cc1ncc(-c2cn3c(C=O)cccc3n2)s1. The van der Waals surface area contributed by atoms with Crippen molar-refractivity contribution in [3.8, 4) is 10.6 Å². The normalized spacial score (nSPS) is 10.9. The van der Waals surface area contributed by atoms with Crippen molar-refractivity contribution in [1.29, 1.82) is 0 Å². The smallest absolute Gasteiger partial charge is 0.166 e. The summed E-state index contributed by atoms with van der Waals surface area (Å²) in [6.45, 7) is 1.96. The average Bonchev–Trinajstić information content (AvgIpc) is 2.93. The number of thiazole rings is 1. The van der Waals surface area contributed by atoms with E-state index in [-0.39, 0.29) is 0 Å². The Kier molecular flexibility index (Phi) is 2.26. The van der Waals surface area contributed by atoms with E-state index >= 15 is 0 Å². The molecule has 0 aliphatic carbocycles. The minimum atomic E-state index is 0.600.